The number of carbonyl (C=O) groups excluding carboxylic acids is 8. The molecule has 8 amide bonds. The number of likely N-dealkylation sites (N-methyl/N-ethyl adjacent to an activating group) is 1. The highest BCUT2D eigenvalue weighted by atomic mass is 16.2. The fourth-order valence-corrected chi connectivity index (χ4v) is 19.1. The van der Waals surface area contributed by atoms with Crippen molar-refractivity contribution in [2.45, 2.75) is 301 Å². The molecule has 7 saturated heterocycles. The zero-order valence-electron chi connectivity index (χ0n) is 97.8. The number of hydrogen-bond donors (Lipinski definition) is 0. The first-order valence-electron chi connectivity index (χ1n) is 54.5. The molecule has 6 aromatic heterocycles. The van der Waals surface area contributed by atoms with Crippen LogP contribution in [-0.2, 0) is 92.1 Å². The molecule has 0 unspecified atom stereocenters. The molecule has 37 heteroatoms. The van der Waals surface area contributed by atoms with E-state index in [1.807, 2.05) is 154 Å². The van der Waals surface area contributed by atoms with E-state index in [0.29, 0.717) is 32.5 Å². The molecule has 0 radical (unpaired) electrons. The van der Waals surface area contributed by atoms with Crippen LogP contribution in [0, 0.1) is 6.92 Å². The summed E-state index contributed by atoms with van der Waals surface area (Å²) in [5.41, 5.74) is 4.28. The van der Waals surface area contributed by atoms with E-state index >= 15 is 0 Å². The molecule has 0 aliphatic carbocycles. The number of nitrogens with zero attached hydrogens (tertiary/aromatic N) is 29. The molecular weight excluding hydrogens is 1880 g/mol. The van der Waals surface area contributed by atoms with Crippen molar-refractivity contribution in [1.29, 1.82) is 0 Å². The summed E-state index contributed by atoms with van der Waals surface area (Å²) < 4.78 is 9.26. The summed E-state index contributed by atoms with van der Waals surface area (Å²) >= 11 is 0. The molecule has 0 atom stereocenters. The lowest BCUT2D eigenvalue weighted by molar-refractivity contribution is -0.133. The predicted octanol–water partition coefficient (Wildman–Crippen LogP) is 10.7. The Bertz CT molecular complexity index is 4700. The maximum absolute atomic E-state index is 12.4. The first kappa shape index (κ1) is 126. The van der Waals surface area contributed by atoms with E-state index in [2.05, 4.69) is 236 Å². The zero-order valence-corrected chi connectivity index (χ0v) is 97.8. The topological polar surface area (TPSA) is 308 Å². The van der Waals surface area contributed by atoms with E-state index in [9.17, 15) is 38.4 Å². The maximum Gasteiger partial charge on any atom is 0.253 e. The van der Waals surface area contributed by atoms with Crippen LogP contribution in [0.25, 0.3) is 0 Å². The minimum absolute atomic E-state index is 0.00225. The Morgan fingerprint density at radius 2 is 0.691 bits per heavy atom. The van der Waals surface area contributed by atoms with Gasteiger partial charge in [-0.3, -0.25) is 72.7 Å². The maximum atomic E-state index is 12.4. The van der Waals surface area contributed by atoms with Gasteiger partial charge in [-0.25, -0.2) is 19.6 Å². The second-order valence-electron chi connectivity index (χ2n) is 48.9. The van der Waals surface area contributed by atoms with E-state index in [1.54, 1.807) is 73.4 Å². The smallest absolute Gasteiger partial charge is 0.253 e. The quantitative estimate of drug-likeness (QED) is 0.0921. The van der Waals surface area contributed by atoms with Crippen LogP contribution in [0.3, 0.4) is 0 Å². The Balaban J connectivity index is 0.000000231. The van der Waals surface area contributed by atoms with Crippen LogP contribution in [0.2, 0.25) is 0 Å². The number of imidazole rings is 3. The molecule has 836 valence electrons. The Morgan fingerprint density at radius 3 is 1.01 bits per heavy atom. The van der Waals surface area contributed by atoms with Crippen molar-refractivity contribution < 1.29 is 38.4 Å². The molecule has 7 fully saturated rings. The lowest BCUT2D eigenvalue weighted by Crippen LogP contribution is -2.44. The van der Waals surface area contributed by atoms with E-state index in [1.165, 1.54) is 4.80 Å². The minimum Gasteiger partial charge on any atom is -0.354 e. The van der Waals surface area contributed by atoms with Gasteiger partial charge in [-0.2, -0.15) is 15.0 Å². The van der Waals surface area contributed by atoms with Gasteiger partial charge in [0.25, 0.3) is 5.91 Å². The van der Waals surface area contributed by atoms with Crippen molar-refractivity contribution in [3.05, 3.63) is 139 Å². The third kappa shape index (κ3) is 43.9. The fourth-order valence-electron chi connectivity index (χ4n) is 19.1. The first-order valence-corrected chi connectivity index (χ1v) is 54.5. The number of carbonyl (C=O) groups is 8. The number of amides is 8. The van der Waals surface area contributed by atoms with Crippen LogP contribution < -0.4 is 0 Å². The zero-order chi connectivity index (χ0) is 111. The van der Waals surface area contributed by atoms with Crippen molar-refractivity contribution >= 4 is 47.3 Å². The first-order chi connectivity index (χ1) is 69.7. The van der Waals surface area contributed by atoms with Crippen molar-refractivity contribution in [2.75, 3.05) is 218 Å². The Hall–Kier alpha value is -10.2. The third-order valence-electron chi connectivity index (χ3n) is 28.6. The van der Waals surface area contributed by atoms with E-state index in [0.717, 1.165) is 257 Å². The van der Waals surface area contributed by atoms with Gasteiger partial charge in [0.1, 0.15) is 37.8 Å². The van der Waals surface area contributed by atoms with Gasteiger partial charge >= 0.3 is 0 Å². The molecule has 13 heterocycles. The summed E-state index contributed by atoms with van der Waals surface area (Å²) in [4.78, 5) is 146. The average Bonchev–Trinajstić information content (AvgIpc) is 1.43. The standard InChI is InChI=1S/C16H27N3O.2C15H26N4O.C14H24N4O.2C13H23N5O.C13H27N3O.C13H19NO/c1-16(2,3)19-10-6-9-18(11-12-19)15(20)13-14-7-5-8-17(14)4;1-15(2,3)19-8-5-7-18(10-11-19)14(20)12-13-16-6-9-17(13)4;1-13-16-6-9-18(13)12-14(20)17-7-5-8-19(11-10-17)15(2,3)4;1-14(2,3)18-7-4-6-17(9-10-18)13(19)11-16-8-5-15-12-16;1-13(2,3)17-8-4-7-16(9-10-17)12(19)11-18-14-5-6-15-18;1-13(2,3)17-7-4-6-16(9-10-17)12(19)11-18-8-5-14-15-18;1-13(2,3)16-8-6-7-15(9-10-16)12(17)11-14(4)5;1-13(2,3)11-9-7-6-8-10(11)12(15)14(4)5/h5,7-8H,6,9-13H2,1-4H3;2*6,9H,5,7-8,10-12H2,1-4H3;5,8,12H,4,6-7,9-11H2,1-3H3;5-6H,4,7-11H2,1-3H3;5,8H,4,6-7,9-11H2,1-3H3;6-11H2,1-5H3;6-9H,1-5H3. The van der Waals surface area contributed by atoms with Gasteiger partial charge in [0.05, 0.1) is 44.3 Å². The highest BCUT2D eigenvalue weighted by Gasteiger charge is 2.35. The number of aromatic nitrogens is 13. The van der Waals surface area contributed by atoms with Crippen molar-refractivity contribution in [2.24, 2.45) is 14.1 Å². The molecule has 1 aromatic carbocycles. The summed E-state index contributed by atoms with van der Waals surface area (Å²) in [6.45, 7) is 83.0. The summed E-state index contributed by atoms with van der Waals surface area (Å²) in [6.07, 6.45) is 29.2. The Kier molecular flexibility index (Phi) is 49.5. The molecule has 7 aliphatic rings. The number of hydrogen-bond acceptors (Lipinski definition) is 23. The van der Waals surface area contributed by atoms with Crippen molar-refractivity contribution in [3.8, 4) is 0 Å². The van der Waals surface area contributed by atoms with Gasteiger partial charge in [0.15, 0.2) is 0 Å². The van der Waals surface area contributed by atoms with Gasteiger partial charge in [0.2, 0.25) is 41.4 Å². The largest absolute Gasteiger partial charge is 0.354 e. The monoisotopic (exact) mass is 2070 g/mol. The minimum atomic E-state index is 0.00225. The Morgan fingerprint density at radius 1 is 0.329 bits per heavy atom. The van der Waals surface area contributed by atoms with Gasteiger partial charge < -0.3 is 62.4 Å². The summed E-state index contributed by atoms with van der Waals surface area (Å²) in [5, 5.41) is 15.5. The Labute approximate surface area is 895 Å². The van der Waals surface area contributed by atoms with Gasteiger partial charge in [-0.05, 0) is 241 Å². The highest BCUT2D eigenvalue weighted by Crippen LogP contribution is 2.29. The molecular formula is C112H195N29O8. The summed E-state index contributed by atoms with van der Waals surface area (Å²) in [6, 6.07) is 11.8. The van der Waals surface area contributed by atoms with Crippen LogP contribution in [0.4, 0.5) is 0 Å². The highest BCUT2D eigenvalue weighted by molar-refractivity contribution is 5.95. The summed E-state index contributed by atoms with van der Waals surface area (Å²) in [5.74, 6) is 3.11. The molecule has 7 aromatic rings. The normalized spacial score (nSPS) is 17.7. The van der Waals surface area contributed by atoms with Crippen LogP contribution in [-0.4, -0.2) is 446 Å². The van der Waals surface area contributed by atoms with E-state index < -0.39 is 0 Å². The number of benzene rings is 1. The number of rotatable bonds is 15. The van der Waals surface area contributed by atoms with Crippen LogP contribution in [0.1, 0.15) is 244 Å². The van der Waals surface area contributed by atoms with Crippen LogP contribution in [0.15, 0.2) is 111 Å². The lowest BCUT2D eigenvalue weighted by Gasteiger charge is -2.34. The fraction of sp³-hybridized carbons (Fsp3) is 0.723. The van der Waals surface area contributed by atoms with Gasteiger partial charge in [-0.1, -0.05) is 44.2 Å². The molecule has 0 N–H and O–H groups in total. The molecule has 0 spiro atoms. The number of aryl methyl sites for hydroxylation is 3. The third-order valence-corrected chi connectivity index (χ3v) is 28.6. The van der Waals surface area contributed by atoms with E-state index in [4.69, 9.17) is 0 Å². The molecule has 0 bridgehead atoms. The second kappa shape index (κ2) is 58.6. The average molecular weight is 2080 g/mol. The molecule has 7 aliphatic heterocycles. The molecule has 37 nitrogen and oxygen atoms in total. The van der Waals surface area contributed by atoms with Crippen LogP contribution >= 0.6 is 0 Å². The molecule has 149 heavy (non-hydrogen) atoms. The van der Waals surface area contributed by atoms with Crippen molar-refractivity contribution in [3.63, 3.8) is 0 Å². The van der Waals surface area contributed by atoms with Crippen LogP contribution in [0.5, 0.6) is 0 Å². The van der Waals surface area contributed by atoms with Gasteiger partial charge in [-0.15, -0.1) is 5.10 Å². The van der Waals surface area contributed by atoms with Crippen molar-refractivity contribution in [1.82, 2.24) is 142 Å². The molecule has 14 rings (SSSR count). The second-order valence-corrected chi connectivity index (χ2v) is 48.9. The van der Waals surface area contributed by atoms with E-state index in [-0.39, 0.29) is 105 Å². The molecule has 0 saturated carbocycles. The predicted molar refractivity (Wildman–Crippen MR) is 595 cm³/mol. The SMILES string of the molecule is CC(C)(C)N1CCCN(C(=O)Cn2ccnc2)CC1.CC(C)(C)N1CCCN(C(=O)Cn2ccnn2)CC1.CC(C)(C)N1CCCN(C(=O)Cn2nccn2)CC1.CN(C)C(=O)c1ccccc1C(C)(C)C.CN(C)CC(=O)N1CCCN(C(C)(C)C)CC1.Cc1nccn1CC(=O)N1CCCN(C(C)(C)C)CC1.Cn1cccc1CC(=O)N1CCCN(C(C)(C)C)CC1.Cn1ccnc1CC(=O)N1CCCN(C(C)(C)C)CC1. The summed E-state index contributed by atoms with van der Waals surface area (Å²) in [7, 11) is 11.4. The van der Waals surface area contributed by atoms with Gasteiger partial charge in [0, 0.05) is 311 Å². The lowest BCUT2D eigenvalue weighted by atomic mass is 9.83.